The van der Waals surface area contributed by atoms with Crippen LogP contribution >= 0.6 is 11.6 Å². The fourth-order valence-electron chi connectivity index (χ4n) is 0.935. The van der Waals surface area contributed by atoms with Crippen molar-refractivity contribution in [3.05, 3.63) is 35.4 Å². The average molecular weight is 179 g/mol. The first-order valence-corrected chi connectivity index (χ1v) is 4.48. The normalized spacial score (nSPS) is 8.83. The highest BCUT2D eigenvalue weighted by Gasteiger charge is 1.85. The number of hydrogen-bond acceptors (Lipinski definition) is 0. The molecule has 0 heterocycles. The molecule has 0 nitrogen and oxygen atoms in total. The molecule has 0 aliphatic carbocycles. The van der Waals surface area contributed by atoms with Crippen molar-refractivity contribution in [1.29, 1.82) is 0 Å². The SMILES string of the molecule is Cc1cccc(C#CCCCl)c1. The zero-order valence-corrected chi connectivity index (χ0v) is 7.86. The van der Waals surface area contributed by atoms with Crippen molar-refractivity contribution in [2.45, 2.75) is 13.3 Å². The monoisotopic (exact) mass is 178 g/mol. The van der Waals surface area contributed by atoms with Crippen LogP contribution in [0.25, 0.3) is 0 Å². The summed E-state index contributed by atoms with van der Waals surface area (Å²) in [6, 6.07) is 8.15. The Bertz CT molecular complexity index is 304. The number of hydrogen-bond donors (Lipinski definition) is 0. The molecule has 0 bridgehead atoms. The zero-order chi connectivity index (χ0) is 8.81. The predicted octanol–water partition coefficient (Wildman–Crippen LogP) is 2.98. The Kier molecular flexibility index (Phi) is 3.70. The van der Waals surface area contributed by atoms with Gasteiger partial charge < -0.3 is 0 Å². The zero-order valence-electron chi connectivity index (χ0n) is 7.10. The van der Waals surface area contributed by atoms with Crippen LogP contribution in [0.15, 0.2) is 24.3 Å². The molecule has 62 valence electrons. The van der Waals surface area contributed by atoms with Crippen molar-refractivity contribution in [2.24, 2.45) is 0 Å². The largest absolute Gasteiger partial charge is 0.126 e. The van der Waals surface area contributed by atoms with E-state index in [9.17, 15) is 0 Å². The van der Waals surface area contributed by atoms with Crippen molar-refractivity contribution in [1.82, 2.24) is 0 Å². The Hall–Kier alpha value is -0.930. The van der Waals surface area contributed by atoms with E-state index in [1.807, 2.05) is 12.1 Å². The van der Waals surface area contributed by atoms with Crippen LogP contribution in [-0.4, -0.2) is 5.88 Å². The summed E-state index contributed by atoms with van der Waals surface area (Å²) in [4.78, 5) is 0. The van der Waals surface area contributed by atoms with Gasteiger partial charge in [-0.25, -0.2) is 0 Å². The molecule has 0 N–H and O–H groups in total. The molecule has 0 radical (unpaired) electrons. The molecule has 0 saturated carbocycles. The number of halogens is 1. The number of benzene rings is 1. The van der Waals surface area contributed by atoms with E-state index in [1.165, 1.54) is 5.56 Å². The van der Waals surface area contributed by atoms with Gasteiger partial charge in [0.15, 0.2) is 0 Å². The maximum absolute atomic E-state index is 5.50. The van der Waals surface area contributed by atoms with E-state index < -0.39 is 0 Å². The van der Waals surface area contributed by atoms with Crippen LogP contribution in [0.3, 0.4) is 0 Å². The lowest BCUT2D eigenvalue weighted by atomic mass is 10.1. The highest BCUT2D eigenvalue weighted by Crippen LogP contribution is 2.01. The molecule has 1 aromatic rings. The van der Waals surface area contributed by atoms with Crippen molar-refractivity contribution in [3.8, 4) is 11.8 Å². The van der Waals surface area contributed by atoms with E-state index in [0.717, 1.165) is 12.0 Å². The van der Waals surface area contributed by atoms with Gasteiger partial charge in [-0.3, -0.25) is 0 Å². The summed E-state index contributed by atoms with van der Waals surface area (Å²) < 4.78 is 0. The van der Waals surface area contributed by atoms with Crippen LogP contribution in [0.4, 0.5) is 0 Å². The van der Waals surface area contributed by atoms with Crippen LogP contribution < -0.4 is 0 Å². The van der Waals surface area contributed by atoms with Gasteiger partial charge in [0.05, 0.1) is 0 Å². The van der Waals surface area contributed by atoms with E-state index in [4.69, 9.17) is 11.6 Å². The summed E-state index contributed by atoms with van der Waals surface area (Å²) in [5, 5.41) is 0. The molecule has 0 aliphatic rings. The highest BCUT2D eigenvalue weighted by molar-refractivity contribution is 6.18. The Balaban J connectivity index is 2.71. The van der Waals surface area contributed by atoms with Crippen LogP contribution in [0, 0.1) is 18.8 Å². The molecule has 1 rings (SSSR count). The first-order chi connectivity index (χ1) is 5.83. The molecule has 0 aliphatic heterocycles. The van der Waals surface area contributed by atoms with Crippen LogP contribution in [-0.2, 0) is 0 Å². The topological polar surface area (TPSA) is 0 Å². The van der Waals surface area contributed by atoms with Crippen LogP contribution in [0.2, 0.25) is 0 Å². The summed E-state index contributed by atoms with van der Waals surface area (Å²) in [7, 11) is 0. The lowest BCUT2D eigenvalue weighted by Crippen LogP contribution is -1.76. The second-order valence-corrected chi connectivity index (χ2v) is 2.99. The summed E-state index contributed by atoms with van der Waals surface area (Å²) in [6.45, 7) is 2.06. The summed E-state index contributed by atoms with van der Waals surface area (Å²) in [6.07, 6.45) is 0.759. The second kappa shape index (κ2) is 4.85. The predicted molar refractivity (Wildman–Crippen MR) is 53.4 cm³/mol. The van der Waals surface area contributed by atoms with E-state index in [1.54, 1.807) is 0 Å². The third-order valence-corrected chi connectivity index (χ3v) is 1.66. The van der Waals surface area contributed by atoms with Crippen molar-refractivity contribution >= 4 is 11.6 Å². The molecule has 0 atom stereocenters. The minimum Gasteiger partial charge on any atom is -0.126 e. The van der Waals surface area contributed by atoms with E-state index in [2.05, 4.69) is 30.9 Å². The van der Waals surface area contributed by atoms with Gasteiger partial charge in [0.25, 0.3) is 0 Å². The first-order valence-electron chi connectivity index (χ1n) is 3.94. The quantitative estimate of drug-likeness (QED) is 0.458. The molecule has 0 saturated heterocycles. The van der Waals surface area contributed by atoms with E-state index >= 15 is 0 Å². The number of alkyl halides is 1. The lowest BCUT2D eigenvalue weighted by molar-refractivity contribution is 1.29. The second-order valence-electron chi connectivity index (χ2n) is 2.61. The molecule has 0 amide bonds. The van der Waals surface area contributed by atoms with Crippen molar-refractivity contribution in [2.75, 3.05) is 5.88 Å². The first kappa shape index (κ1) is 9.16. The highest BCUT2D eigenvalue weighted by atomic mass is 35.5. The Morgan fingerprint density at radius 2 is 2.25 bits per heavy atom. The number of rotatable bonds is 1. The average Bonchev–Trinajstić information content (AvgIpc) is 2.05. The van der Waals surface area contributed by atoms with Crippen molar-refractivity contribution < 1.29 is 0 Å². The Morgan fingerprint density at radius 3 is 2.92 bits per heavy atom. The summed E-state index contributed by atoms with van der Waals surface area (Å²) in [5.41, 5.74) is 2.31. The fourth-order valence-corrected chi connectivity index (χ4v) is 1.03. The van der Waals surface area contributed by atoms with Gasteiger partial charge in [0.1, 0.15) is 0 Å². The molecular formula is C11H11Cl. The van der Waals surface area contributed by atoms with Gasteiger partial charge in [-0.15, -0.1) is 11.6 Å². The lowest BCUT2D eigenvalue weighted by Gasteiger charge is -1.91. The van der Waals surface area contributed by atoms with Gasteiger partial charge in [-0.05, 0) is 24.6 Å². The molecule has 0 spiro atoms. The Labute approximate surface area is 78.6 Å². The van der Waals surface area contributed by atoms with E-state index in [0.29, 0.717) is 5.88 Å². The number of aryl methyl sites for hydroxylation is 1. The van der Waals surface area contributed by atoms with Gasteiger partial charge in [0, 0.05) is 17.9 Å². The van der Waals surface area contributed by atoms with Gasteiger partial charge in [-0.1, -0.05) is 24.0 Å². The Morgan fingerprint density at radius 1 is 1.42 bits per heavy atom. The molecule has 1 aromatic carbocycles. The minimum atomic E-state index is 0.610. The maximum atomic E-state index is 5.50. The molecule has 0 unspecified atom stereocenters. The smallest absolute Gasteiger partial charge is 0.0333 e. The molecular weight excluding hydrogens is 168 g/mol. The third kappa shape index (κ3) is 2.98. The molecule has 12 heavy (non-hydrogen) atoms. The van der Waals surface area contributed by atoms with Crippen LogP contribution in [0.1, 0.15) is 17.5 Å². The molecule has 0 aromatic heterocycles. The van der Waals surface area contributed by atoms with Crippen LogP contribution in [0.5, 0.6) is 0 Å². The summed E-state index contributed by atoms with van der Waals surface area (Å²) in [5.74, 6) is 6.66. The van der Waals surface area contributed by atoms with Gasteiger partial charge in [-0.2, -0.15) is 0 Å². The maximum Gasteiger partial charge on any atom is 0.0333 e. The fraction of sp³-hybridized carbons (Fsp3) is 0.273. The van der Waals surface area contributed by atoms with Crippen molar-refractivity contribution in [3.63, 3.8) is 0 Å². The molecule has 1 heteroatoms. The minimum absolute atomic E-state index is 0.610. The third-order valence-electron chi connectivity index (χ3n) is 1.47. The summed E-state index contributed by atoms with van der Waals surface area (Å²) >= 11 is 5.50. The standard InChI is InChI=1S/C11H11Cl/c1-10-5-4-7-11(9-10)6-2-3-8-12/h4-5,7,9H,3,8H2,1H3. The molecule has 0 fully saturated rings. The van der Waals surface area contributed by atoms with Gasteiger partial charge in [0.2, 0.25) is 0 Å². The van der Waals surface area contributed by atoms with Gasteiger partial charge >= 0.3 is 0 Å². The van der Waals surface area contributed by atoms with E-state index in [-0.39, 0.29) is 0 Å².